The summed E-state index contributed by atoms with van der Waals surface area (Å²) in [7, 11) is 0. The molecule has 0 saturated carbocycles. The molecule has 0 bridgehead atoms. The van der Waals surface area contributed by atoms with Crippen LogP contribution < -0.4 is 10.1 Å². The van der Waals surface area contributed by atoms with Crippen molar-refractivity contribution in [3.63, 3.8) is 0 Å². The lowest BCUT2D eigenvalue weighted by molar-refractivity contribution is 0.102. The molecule has 1 aliphatic heterocycles. The van der Waals surface area contributed by atoms with Gasteiger partial charge in [-0.3, -0.25) is 4.79 Å². The largest absolute Gasteiger partial charge is 0.506 e. The van der Waals surface area contributed by atoms with Gasteiger partial charge in [0.05, 0.1) is 24.5 Å². The maximum atomic E-state index is 12.3. The monoisotopic (exact) mass is 368 g/mol. The van der Waals surface area contributed by atoms with Gasteiger partial charge in [-0.2, -0.15) is 0 Å². The Morgan fingerprint density at radius 2 is 2.21 bits per heavy atom. The van der Waals surface area contributed by atoms with Gasteiger partial charge < -0.3 is 19.9 Å². The van der Waals surface area contributed by atoms with Crippen molar-refractivity contribution in [2.45, 2.75) is 12.5 Å². The quantitative estimate of drug-likeness (QED) is 0.807. The topological polar surface area (TPSA) is 80.7 Å². The molecule has 1 aromatic carbocycles. The second-order valence-electron chi connectivity index (χ2n) is 5.23. The molecule has 0 aliphatic carbocycles. The number of hydrogen-bond donors (Lipinski definition) is 2. The van der Waals surface area contributed by atoms with Crippen molar-refractivity contribution < 1.29 is 19.4 Å². The highest BCUT2D eigenvalue weighted by Crippen LogP contribution is 2.28. The fraction of sp³-hybridized carbons (Fsp3) is 0.250. The Balaban J connectivity index is 1.73. The molecule has 1 saturated heterocycles. The van der Waals surface area contributed by atoms with Crippen molar-refractivity contribution in [3.05, 3.63) is 46.1 Å². The average Bonchev–Trinajstić information content (AvgIpc) is 3.06. The molecule has 2 heterocycles. The second kappa shape index (κ2) is 7.25. The van der Waals surface area contributed by atoms with Gasteiger partial charge >= 0.3 is 0 Å². The normalized spacial score (nSPS) is 16.8. The lowest BCUT2D eigenvalue weighted by Gasteiger charge is -2.13. The molecule has 8 heteroatoms. The summed E-state index contributed by atoms with van der Waals surface area (Å²) in [5.74, 6) is -0.306. The molecular weight excluding hydrogens is 355 g/mol. The van der Waals surface area contributed by atoms with E-state index in [1.807, 2.05) is 0 Å². The van der Waals surface area contributed by atoms with Crippen molar-refractivity contribution in [3.8, 4) is 11.6 Å². The van der Waals surface area contributed by atoms with Crippen LogP contribution in [0.4, 0.5) is 5.69 Å². The highest BCUT2D eigenvalue weighted by molar-refractivity contribution is 6.32. The van der Waals surface area contributed by atoms with E-state index < -0.39 is 5.91 Å². The van der Waals surface area contributed by atoms with Gasteiger partial charge in [0.25, 0.3) is 5.91 Å². The van der Waals surface area contributed by atoms with Crippen LogP contribution in [0, 0.1) is 0 Å². The number of carbonyl (C=O) groups excluding carboxylic acids is 1. The number of pyridine rings is 1. The molecule has 1 aliphatic rings. The first-order valence-electron chi connectivity index (χ1n) is 7.23. The van der Waals surface area contributed by atoms with E-state index in [4.69, 9.17) is 32.7 Å². The number of phenolic OH excluding ortho intramolecular Hbond substituents is 1. The van der Waals surface area contributed by atoms with Crippen LogP contribution in [0.5, 0.6) is 11.6 Å². The van der Waals surface area contributed by atoms with Gasteiger partial charge in [-0.25, -0.2) is 4.98 Å². The van der Waals surface area contributed by atoms with Crippen LogP contribution in [0.2, 0.25) is 10.0 Å². The number of ether oxygens (including phenoxy) is 2. The first kappa shape index (κ1) is 16.8. The van der Waals surface area contributed by atoms with Crippen molar-refractivity contribution in [2.24, 2.45) is 0 Å². The molecule has 6 nitrogen and oxygen atoms in total. The highest BCUT2D eigenvalue weighted by Gasteiger charge is 2.20. The lowest BCUT2D eigenvalue weighted by atomic mass is 10.2. The van der Waals surface area contributed by atoms with Crippen LogP contribution in [0.15, 0.2) is 30.5 Å². The van der Waals surface area contributed by atoms with E-state index in [0.29, 0.717) is 18.2 Å². The Morgan fingerprint density at radius 3 is 2.92 bits per heavy atom. The van der Waals surface area contributed by atoms with Crippen LogP contribution >= 0.6 is 23.2 Å². The molecule has 24 heavy (non-hydrogen) atoms. The molecular formula is C16H14Cl2N2O4. The number of anilines is 1. The van der Waals surface area contributed by atoms with Crippen LogP contribution in [0.25, 0.3) is 0 Å². The van der Waals surface area contributed by atoms with E-state index in [0.717, 1.165) is 6.42 Å². The second-order valence-corrected chi connectivity index (χ2v) is 6.07. The molecule has 1 amide bonds. The number of nitrogens with zero attached hydrogens (tertiary/aromatic N) is 1. The summed E-state index contributed by atoms with van der Waals surface area (Å²) in [5, 5.41) is 12.9. The van der Waals surface area contributed by atoms with Crippen LogP contribution in [0.1, 0.15) is 16.8 Å². The van der Waals surface area contributed by atoms with E-state index in [-0.39, 0.29) is 34.0 Å². The predicted molar refractivity (Wildman–Crippen MR) is 90.2 cm³/mol. The van der Waals surface area contributed by atoms with Crippen LogP contribution in [0.3, 0.4) is 0 Å². The van der Waals surface area contributed by atoms with Crippen molar-refractivity contribution in [2.75, 3.05) is 18.5 Å². The summed E-state index contributed by atoms with van der Waals surface area (Å²) in [6.07, 6.45) is 2.04. The number of halogens is 2. The summed E-state index contributed by atoms with van der Waals surface area (Å²) in [6, 6.07) is 5.81. The van der Waals surface area contributed by atoms with Crippen LogP contribution in [-0.2, 0) is 4.74 Å². The third kappa shape index (κ3) is 3.90. The van der Waals surface area contributed by atoms with E-state index in [1.165, 1.54) is 30.5 Å². The van der Waals surface area contributed by atoms with Gasteiger partial charge in [0, 0.05) is 17.6 Å². The number of amides is 1. The predicted octanol–water partition coefficient (Wildman–Crippen LogP) is 3.51. The first-order chi connectivity index (χ1) is 11.5. The van der Waals surface area contributed by atoms with Crippen molar-refractivity contribution >= 4 is 34.8 Å². The van der Waals surface area contributed by atoms with Gasteiger partial charge in [0.15, 0.2) is 0 Å². The number of carbonyl (C=O) groups is 1. The van der Waals surface area contributed by atoms with Gasteiger partial charge in [0.2, 0.25) is 5.88 Å². The van der Waals surface area contributed by atoms with Gasteiger partial charge in [-0.1, -0.05) is 23.2 Å². The molecule has 1 fully saturated rings. The Kier molecular flexibility index (Phi) is 5.08. The maximum absolute atomic E-state index is 12.3. The number of aromatic nitrogens is 1. The zero-order valence-corrected chi connectivity index (χ0v) is 14.0. The molecule has 2 N–H and O–H groups in total. The summed E-state index contributed by atoms with van der Waals surface area (Å²) in [5.41, 5.74) is 0.432. The number of benzene rings is 1. The van der Waals surface area contributed by atoms with E-state index in [9.17, 15) is 9.90 Å². The average molecular weight is 369 g/mol. The van der Waals surface area contributed by atoms with E-state index in [2.05, 4.69) is 10.3 Å². The minimum absolute atomic E-state index is 0.0851. The molecule has 1 aromatic heterocycles. The molecule has 1 atom stereocenters. The zero-order chi connectivity index (χ0) is 17.1. The number of aromatic hydroxyl groups is 1. The Labute approximate surface area is 148 Å². The zero-order valence-electron chi connectivity index (χ0n) is 12.5. The standard InChI is InChI=1S/C16H14Cl2N2O4/c17-10-1-2-14(21)13(6-10)20-15(22)9-5-12(18)16(19-7-9)24-11-3-4-23-8-11/h1-2,5-7,11,21H,3-4,8H2,(H,20,22). The smallest absolute Gasteiger partial charge is 0.257 e. The first-order valence-corrected chi connectivity index (χ1v) is 7.98. The summed E-state index contributed by atoms with van der Waals surface area (Å²) in [6.45, 7) is 1.14. The SMILES string of the molecule is O=C(Nc1cc(Cl)ccc1O)c1cnc(OC2CCOC2)c(Cl)c1. The molecule has 0 radical (unpaired) electrons. The Hall–Kier alpha value is -2.02. The molecule has 126 valence electrons. The minimum Gasteiger partial charge on any atom is -0.506 e. The molecule has 3 rings (SSSR count). The Bertz CT molecular complexity index is 764. The van der Waals surface area contributed by atoms with E-state index >= 15 is 0 Å². The third-order valence-corrected chi connectivity index (χ3v) is 3.95. The molecule has 0 spiro atoms. The molecule has 1 unspecified atom stereocenters. The number of nitrogens with one attached hydrogen (secondary N) is 1. The van der Waals surface area contributed by atoms with Gasteiger partial charge in [-0.05, 0) is 24.3 Å². The van der Waals surface area contributed by atoms with Crippen molar-refractivity contribution in [1.29, 1.82) is 0 Å². The Morgan fingerprint density at radius 1 is 1.38 bits per heavy atom. The third-order valence-electron chi connectivity index (χ3n) is 3.44. The number of phenols is 1. The van der Waals surface area contributed by atoms with Crippen molar-refractivity contribution in [1.82, 2.24) is 4.98 Å². The minimum atomic E-state index is -0.474. The van der Waals surface area contributed by atoms with E-state index in [1.54, 1.807) is 0 Å². The fourth-order valence-electron chi connectivity index (χ4n) is 2.20. The summed E-state index contributed by atoms with van der Waals surface area (Å²) >= 11 is 12.0. The number of hydrogen-bond acceptors (Lipinski definition) is 5. The fourth-order valence-corrected chi connectivity index (χ4v) is 2.59. The summed E-state index contributed by atoms with van der Waals surface area (Å²) in [4.78, 5) is 16.3. The lowest BCUT2D eigenvalue weighted by Crippen LogP contribution is -2.17. The maximum Gasteiger partial charge on any atom is 0.257 e. The highest BCUT2D eigenvalue weighted by atomic mass is 35.5. The molecule has 2 aromatic rings. The summed E-state index contributed by atoms with van der Waals surface area (Å²) < 4.78 is 10.9. The van der Waals surface area contributed by atoms with Crippen LogP contribution in [-0.4, -0.2) is 35.3 Å². The van der Waals surface area contributed by atoms with Gasteiger partial charge in [0.1, 0.15) is 16.9 Å². The van der Waals surface area contributed by atoms with Gasteiger partial charge in [-0.15, -0.1) is 0 Å². The number of rotatable bonds is 4.